The van der Waals surface area contributed by atoms with E-state index < -0.39 is 23.3 Å². The van der Waals surface area contributed by atoms with E-state index >= 15 is 0 Å². The van der Waals surface area contributed by atoms with E-state index in [2.05, 4.69) is 0 Å². The van der Waals surface area contributed by atoms with E-state index in [0.717, 1.165) is 6.08 Å². The van der Waals surface area contributed by atoms with Gasteiger partial charge in [-0.25, -0.2) is 4.79 Å². The molecule has 0 aliphatic heterocycles. The minimum Gasteiger partial charge on any atom is -0.454 e. The Labute approximate surface area is 131 Å². The first-order valence-electron chi connectivity index (χ1n) is 6.34. The number of carbonyl (C=O) groups excluding carboxylic acids is 2. The number of esters is 1. The van der Waals surface area contributed by atoms with Crippen LogP contribution in [0.15, 0.2) is 41.6 Å². The molecule has 0 aliphatic rings. The molecule has 0 bridgehead atoms. The van der Waals surface area contributed by atoms with Gasteiger partial charge in [0.25, 0.3) is 5.69 Å². The van der Waals surface area contributed by atoms with Crippen molar-refractivity contribution in [3.05, 3.63) is 57.3 Å². The van der Waals surface area contributed by atoms with Crippen LogP contribution in [0.4, 0.5) is 5.69 Å². The molecule has 1 aromatic carbocycles. The molecule has 8 nitrogen and oxygen atoms in total. The molecule has 0 fully saturated rings. The number of hydrogen-bond donors (Lipinski definition) is 1. The zero-order valence-electron chi connectivity index (χ0n) is 12.2. The van der Waals surface area contributed by atoms with Crippen molar-refractivity contribution >= 4 is 23.5 Å². The third kappa shape index (κ3) is 5.43. The minimum absolute atomic E-state index is 0.0509. The molecule has 2 N–H and O–H groups in total. The summed E-state index contributed by atoms with van der Waals surface area (Å²) in [6.07, 6.45) is 2.45. The number of allylic oxidation sites excluding steroid dienone is 1. The number of nitrogens with zero attached hydrogens (tertiary/aromatic N) is 2. The van der Waals surface area contributed by atoms with E-state index in [-0.39, 0.29) is 17.0 Å². The number of ketones is 1. The fourth-order valence-corrected chi connectivity index (χ4v) is 1.50. The van der Waals surface area contributed by atoms with Gasteiger partial charge in [0, 0.05) is 23.9 Å². The molecule has 0 saturated carbocycles. The maximum atomic E-state index is 11.6. The van der Waals surface area contributed by atoms with Crippen molar-refractivity contribution in [1.29, 1.82) is 5.26 Å². The van der Waals surface area contributed by atoms with Gasteiger partial charge in [-0.15, -0.1) is 0 Å². The van der Waals surface area contributed by atoms with E-state index in [4.69, 9.17) is 15.7 Å². The van der Waals surface area contributed by atoms with Gasteiger partial charge in [-0.3, -0.25) is 14.9 Å². The summed E-state index contributed by atoms with van der Waals surface area (Å²) in [7, 11) is 0. The van der Waals surface area contributed by atoms with Gasteiger partial charge in [-0.1, -0.05) is 0 Å². The predicted octanol–water partition coefficient (Wildman–Crippen LogP) is 1.48. The molecule has 0 amide bonds. The van der Waals surface area contributed by atoms with E-state index in [1.807, 2.05) is 0 Å². The summed E-state index contributed by atoms with van der Waals surface area (Å²) in [5, 5.41) is 19.2. The molecular formula is C15H13N3O5. The number of ether oxygens (including phenoxy) is 1. The maximum absolute atomic E-state index is 11.6. The van der Waals surface area contributed by atoms with Gasteiger partial charge in [0.1, 0.15) is 11.6 Å². The number of benzene rings is 1. The van der Waals surface area contributed by atoms with Crippen LogP contribution in [0.3, 0.4) is 0 Å². The number of carbonyl (C=O) groups is 2. The van der Waals surface area contributed by atoms with Gasteiger partial charge < -0.3 is 10.5 Å². The standard InChI is InChI=1S/C15H13N3O5/c1-10(17)13(8-16)14(19)9-23-15(20)7-4-11-2-5-12(6-3-11)18(21)22/h2-7H,9,17H2,1H3/b7-4+,13-10+. The number of nitrogens with two attached hydrogens (primary N) is 1. The number of nitriles is 1. The molecule has 118 valence electrons. The van der Waals surface area contributed by atoms with Crippen LogP contribution < -0.4 is 5.73 Å². The first kappa shape index (κ1) is 17.6. The van der Waals surface area contributed by atoms with Crippen LogP contribution in [-0.4, -0.2) is 23.3 Å². The van der Waals surface area contributed by atoms with Gasteiger partial charge in [-0.05, 0) is 30.7 Å². The summed E-state index contributed by atoms with van der Waals surface area (Å²) in [6.45, 7) is 0.799. The molecule has 1 rings (SSSR count). The molecule has 1 aromatic rings. The van der Waals surface area contributed by atoms with Crippen LogP contribution in [0.1, 0.15) is 12.5 Å². The first-order valence-corrected chi connectivity index (χ1v) is 6.34. The van der Waals surface area contributed by atoms with Crippen molar-refractivity contribution in [3.63, 3.8) is 0 Å². The number of nitro benzene ring substituents is 1. The molecule has 0 spiro atoms. The zero-order valence-corrected chi connectivity index (χ0v) is 12.2. The van der Waals surface area contributed by atoms with Gasteiger partial charge in [-0.2, -0.15) is 5.26 Å². The number of nitro groups is 1. The minimum atomic E-state index is -0.788. The topological polar surface area (TPSA) is 136 Å². The van der Waals surface area contributed by atoms with Crippen molar-refractivity contribution in [2.45, 2.75) is 6.92 Å². The Bertz CT molecular complexity index is 722. The van der Waals surface area contributed by atoms with E-state index in [9.17, 15) is 19.7 Å². The van der Waals surface area contributed by atoms with Crippen LogP contribution in [0.25, 0.3) is 6.08 Å². The van der Waals surface area contributed by atoms with E-state index in [1.54, 1.807) is 6.07 Å². The molecule has 0 atom stereocenters. The summed E-state index contributed by atoms with van der Waals surface area (Å²) >= 11 is 0. The highest BCUT2D eigenvalue weighted by atomic mass is 16.6. The number of rotatable bonds is 6. The number of hydrogen-bond acceptors (Lipinski definition) is 7. The zero-order chi connectivity index (χ0) is 17.4. The fraction of sp³-hybridized carbons (Fsp3) is 0.133. The second kappa shape index (κ2) is 8.09. The first-order chi connectivity index (χ1) is 10.8. The lowest BCUT2D eigenvalue weighted by Gasteiger charge is -2.01. The quantitative estimate of drug-likeness (QED) is 0.276. The summed E-state index contributed by atoms with van der Waals surface area (Å²) in [5.74, 6) is -1.48. The SMILES string of the molecule is C/C(N)=C(/C#N)C(=O)COC(=O)/C=C/c1ccc([N+](=O)[O-])cc1. The molecule has 0 radical (unpaired) electrons. The van der Waals surface area contributed by atoms with E-state index in [1.165, 1.54) is 37.3 Å². The molecule has 0 unspecified atom stereocenters. The van der Waals surface area contributed by atoms with Gasteiger partial charge in [0.2, 0.25) is 5.78 Å². The Hall–Kier alpha value is -3.47. The molecule has 8 heteroatoms. The third-order valence-electron chi connectivity index (χ3n) is 2.65. The smallest absolute Gasteiger partial charge is 0.331 e. The Morgan fingerprint density at radius 3 is 2.48 bits per heavy atom. The highest BCUT2D eigenvalue weighted by molar-refractivity contribution is 6.01. The van der Waals surface area contributed by atoms with Crippen molar-refractivity contribution < 1.29 is 19.2 Å². The normalized spacial score (nSPS) is 11.5. The number of Topliss-reactive ketones (excluding diaryl/α,β-unsaturated/α-hetero) is 1. The Morgan fingerprint density at radius 1 is 1.39 bits per heavy atom. The van der Waals surface area contributed by atoms with Gasteiger partial charge in [0.15, 0.2) is 6.61 Å². The van der Waals surface area contributed by atoms with Crippen LogP contribution in [0, 0.1) is 21.4 Å². The van der Waals surface area contributed by atoms with Crippen LogP contribution in [0.5, 0.6) is 0 Å². The summed E-state index contributed by atoms with van der Waals surface area (Å²) in [6, 6.07) is 7.15. The van der Waals surface area contributed by atoms with Crippen molar-refractivity contribution in [3.8, 4) is 6.07 Å². The monoisotopic (exact) mass is 315 g/mol. The average molecular weight is 315 g/mol. The van der Waals surface area contributed by atoms with Crippen LogP contribution >= 0.6 is 0 Å². The largest absolute Gasteiger partial charge is 0.454 e. The van der Waals surface area contributed by atoms with Crippen molar-refractivity contribution in [2.24, 2.45) is 5.73 Å². The fourth-order valence-electron chi connectivity index (χ4n) is 1.50. The third-order valence-corrected chi connectivity index (χ3v) is 2.65. The van der Waals surface area contributed by atoms with Gasteiger partial charge in [0.05, 0.1) is 4.92 Å². The molecule has 23 heavy (non-hydrogen) atoms. The second-order valence-electron chi connectivity index (χ2n) is 4.38. The second-order valence-corrected chi connectivity index (χ2v) is 4.38. The highest BCUT2D eigenvalue weighted by Crippen LogP contribution is 2.12. The Kier molecular flexibility index (Phi) is 6.18. The summed E-state index contributed by atoms with van der Waals surface area (Å²) in [5.41, 5.74) is 5.64. The van der Waals surface area contributed by atoms with Gasteiger partial charge >= 0.3 is 5.97 Å². The summed E-state index contributed by atoms with van der Waals surface area (Å²) < 4.78 is 4.70. The van der Waals surface area contributed by atoms with Crippen molar-refractivity contribution in [2.75, 3.05) is 6.61 Å². The van der Waals surface area contributed by atoms with E-state index in [0.29, 0.717) is 5.56 Å². The lowest BCUT2D eigenvalue weighted by molar-refractivity contribution is -0.384. The molecular weight excluding hydrogens is 302 g/mol. The molecule has 0 saturated heterocycles. The maximum Gasteiger partial charge on any atom is 0.331 e. The number of non-ortho nitro benzene ring substituents is 1. The molecule has 0 aliphatic carbocycles. The molecule has 0 aromatic heterocycles. The highest BCUT2D eigenvalue weighted by Gasteiger charge is 2.13. The predicted molar refractivity (Wildman–Crippen MR) is 80.6 cm³/mol. The van der Waals surface area contributed by atoms with Crippen molar-refractivity contribution in [1.82, 2.24) is 0 Å². The lowest BCUT2D eigenvalue weighted by atomic mass is 10.1. The van der Waals surface area contributed by atoms with Crippen LogP contribution in [0.2, 0.25) is 0 Å². The lowest BCUT2D eigenvalue weighted by Crippen LogP contribution is -2.16. The average Bonchev–Trinajstić information content (AvgIpc) is 2.51. The van der Waals surface area contributed by atoms with Crippen LogP contribution in [-0.2, 0) is 14.3 Å². The summed E-state index contributed by atoms with van der Waals surface area (Å²) in [4.78, 5) is 33.0. The Balaban J connectivity index is 2.60. The molecule has 0 heterocycles. The Morgan fingerprint density at radius 2 is 2.00 bits per heavy atom.